The second kappa shape index (κ2) is 9.11. The van der Waals surface area contributed by atoms with Crippen molar-refractivity contribution in [1.82, 2.24) is 14.9 Å². The summed E-state index contributed by atoms with van der Waals surface area (Å²) in [6.45, 7) is 2.65. The number of nitrogen functional groups attached to an aromatic ring is 1. The third-order valence-corrected chi connectivity index (χ3v) is 7.18. The summed E-state index contributed by atoms with van der Waals surface area (Å²) in [5.41, 5.74) is 7.55. The zero-order valence-electron chi connectivity index (χ0n) is 19.4. The molecule has 35 heavy (non-hydrogen) atoms. The van der Waals surface area contributed by atoms with E-state index in [1.54, 1.807) is 23.1 Å². The van der Waals surface area contributed by atoms with Crippen molar-refractivity contribution in [2.45, 2.75) is 57.5 Å². The Morgan fingerprint density at radius 3 is 2.74 bits per heavy atom. The Bertz CT molecular complexity index is 1250. The van der Waals surface area contributed by atoms with E-state index in [0.29, 0.717) is 29.2 Å². The van der Waals surface area contributed by atoms with Gasteiger partial charge in [0.05, 0.1) is 29.4 Å². The lowest BCUT2D eigenvalue weighted by Gasteiger charge is -2.40. The third-order valence-electron chi connectivity index (χ3n) is 7.18. The predicted octanol–water partition coefficient (Wildman–Crippen LogP) is 5.14. The van der Waals surface area contributed by atoms with Gasteiger partial charge in [0.2, 0.25) is 0 Å². The van der Waals surface area contributed by atoms with Crippen molar-refractivity contribution in [1.29, 1.82) is 0 Å². The maximum Gasteiger partial charge on any atom is 0.417 e. The van der Waals surface area contributed by atoms with Gasteiger partial charge in [0.15, 0.2) is 0 Å². The average Bonchev–Trinajstić information content (AvgIpc) is 3.32. The number of aryl methyl sites for hydroxylation is 1. The number of ether oxygens (including phenoxy) is 1. The van der Waals surface area contributed by atoms with Gasteiger partial charge in [-0.05, 0) is 74.6 Å². The monoisotopic (exact) mass is 484 g/mol. The van der Waals surface area contributed by atoms with Gasteiger partial charge in [-0.15, -0.1) is 0 Å². The number of amides is 1. The number of nitrogens with two attached hydrogens (primary N) is 1. The van der Waals surface area contributed by atoms with Crippen molar-refractivity contribution in [2.75, 3.05) is 12.3 Å². The topological polar surface area (TPSA) is 81.3 Å². The summed E-state index contributed by atoms with van der Waals surface area (Å²) in [5.74, 6) is 0.466. The highest BCUT2D eigenvalue weighted by Crippen LogP contribution is 2.38. The number of nitrogens with zero attached hydrogens (tertiary/aromatic N) is 3. The smallest absolute Gasteiger partial charge is 0.383 e. The molecule has 3 heterocycles. The van der Waals surface area contributed by atoms with Crippen LogP contribution in [0.1, 0.15) is 52.9 Å². The number of pyridine rings is 2. The molecule has 0 spiro atoms. The number of carbonyl (C=O) groups is 1. The van der Waals surface area contributed by atoms with E-state index in [2.05, 4.69) is 9.97 Å². The van der Waals surface area contributed by atoms with Crippen LogP contribution in [0, 0.1) is 12.8 Å². The van der Waals surface area contributed by atoms with Crippen LogP contribution in [0.25, 0.3) is 10.9 Å². The van der Waals surface area contributed by atoms with E-state index >= 15 is 0 Å². The number of aromatic nitrogens is 2. The first-order chi connectivity index (χ1) is 16.7. The molecule has 1 aliphatic heterocycles. The molecule has 1 aliphatic carbocycles. The molecule has 3 atom stereocenters. The van der Waals surface area contributed by atoms with Crippen LogP contribution in [0.4, 0.5) is 19.0 Å². The lowest BCUT2D eigenvalue weighted by molar-refractivity contribution is -0.137. The minimum absolute atomic E-state index is 0.0742. The van der Waals surface area contributed by atoms with Crippen molar-refractivity contribution in [2.24, 2.45) is 5.92 Å². The number of hydrogen-bond acceptors (Lipinski definition) is 5. The molecule has 9 heteroatoms. The summed E-state index contributed by atoms with van der Waals surface area (Å²) < 4.78 is 45.0. The maximum atomic E-state index is 13.9. The molecule has 0 bridgehead atoms. The molecule has 2 aromatic heterocycles. The molecular weight excluding hydrogens is 457 g/mol. The van der Waals surface area contributed by atoms with E-state index in [1.165, 1.54) is 6.07 Å². The second-order valence-electron chi connectivity index (χ2n) is 9.43. The van der Waals surface area contributed by atoms with Crippen LogP contribution < -0.4 is 5.73 Å². The van der Waals surface area contributed by atoms with E-state index < -0.39 is 11.7 Å². The number of hydrogen-bond donors (Lipinski definition) is 1. The molecule has 2 aliphatic rings. The van der Waals surface area contributed by atoms with Crippen molar-refractivity contribution < 1.29 is 22.7 Å². The average molecular weight is 485 g/mol. The molecule has 1 aromatic carbocycles. The van der Waals surface area contributed by atoms with Crippen LogP contribution in [0.3, 0.4) is 0 Å². The second-order valence-corrected chi connectivity index (χ2v) is 9.43. The summed E-state index contributed by atoms with van der Waals surface area (Å²) in [6.07, 6.45) is 0.0482. The van der Waals surface area contributed by atoms with Crippen LogP contribution in [0.5, 0.6) is 0 Å². The van der Waals surface area contributed by atoms with E-state index in [0.717, 1.165) is 48.9 Å². The van der Waals surface area contributed by atoms with Gasteiger partial charge in [0, 0.05) is 35.7 Å². The standard InChI is InChI=1S/C26H27F3N4O2/c1-15-11-17-12-16(5-8-21(17)32-24(15)30)25(34)33(22-3-2-4-23-20(22)9-10-35-23)14-19-7-6-18(13-31-19)26(27,28)29/h5-8,11-13,20,22-23H,2-4,9-10,14H2,1H3,(H2,30,32)/t20-,22-,23-/m0/s1. The number of rotatable bonds is 4. The van der Waals surface area contributed by atoms with E-state index in [4.69, 9.17) is 10.5 Å². The number of halogens is 3. The van der Waals surface area contributed by atoms with Gasteiger partial charge in [0.1, 0.15) is 5.82 Å². The Kier molecular flexibility index (Phi) is 6.13. The minimum Gasteiger partial charge on any atom is -0.383 e. The van der Waals surface area contributed by atoms with Crippen molar-refractivity contribution in [3.63, 3.8) is 0 Å². The molecule has 3 aromatic rings. The SMILES string of the molecule is Cc1cc2cc(C(=O)N(Cc3ccc(C(F)(F)F)cn3)[C@H]3CCC[C@@H]4OCC[C@H]43)ccc2nc1N. The van der Waals surface area contributed by atoms with Crippen LogP contribution in [-0.2, 0) is 17.5 Å². The molecule has 1 amide bonds. The number of fused-ring (bicyclic) bond motifs is 2. The van der Waals surface area contributed by atoms with E-state index in [9.17, 15) is 18.0 Å². The zero-order chi connectivity index (χ0) is 24.7. The van der Waals surface area contributed by atoms with Gasteiger partial charge in [-0.2, -0.15) is 13.2 Å². The number of benzene rings is 1. The Labute approximate surface area is 201 Å². The highest BCUT2D eigenvalue weighted by molar-refractivity contribution is 5.98. The van der Waals surface area contributed by atoms with Gasteiger partial charge in [-0.25, -0.2) is 4.98 Å². The fourth-order valence-electron chi connectivity index (χ4n) is 5.33. The normalized spacial score (nSPS) is 22.2. The van der Waals surface area contributed by atoms with Crippen LogP contribution >= 0.6 is 0 Å². The summed E-state index contributed by atoms with van der Waals surface area (Å²) in [5, 5.41) is 0.806. The first kappa shape index (κ1) is 23.5. The summed E-state index contributed by atoms with van der Waals surface area (Å²) in [4.78, 5) is 24.1. The van der Waals surface area contributed by atoms with Crippen LogP contribution in [0.2, 0.25) is 0 Å². The molecule has 2 N–H and O–H groups in total. The van der Waals surface area contributed by atoms with Crippen molar-refractivity contribution >= 4 is 22.6 Å². The lowest BCUT2D eigenvalue weighted by Crippen LogP contribution is -2.48. The number of carbonyl (C=O) groups excluding carboxylic acids is 1. The third kappa shape index (κ3) is 4.69. The molecule has 0 radical (unpaired) electrons. The van der Waals surface area contributed by atoms with Crippen molar-refractivity contribution in [3.05, 3.63) is 65.0 Å². The summed E-state index contributed by atoms with van der Waals surface area (Å²) >= 11 is 0. The summed E-state index contributed by atoms with van der Waals surface area (Å²) in [6, 6.07) is 9.50. The van der Waals surface area contributed by atoms with Crippen LogP contribution in [0.15, 0.2) is 42.6 Å². The predicted molar refractivity (Wildman–Crippen MR) is 125 cm³/mol. The van der Waals surface area contributed by atoms with Crippen LogP contribution in [-0.4, -0.2) is 39.5 Å². The fourth-order valence-corrected chi connectivity index (χ4v) is 5.33. The molecule has 0 unspecified atom stereocenters. The molecule has 184 valence electrons. The van der Waals surface area contributed by atoms with Gasteiger partial charge < -0.3 is 15.4 Å². The van der Waals surface area contributed by atoms with Crippen molar-refractivity contribution in [3.8, 4) is 0 Å². The van der Waals surface area contributed by atoms with Gasteiger partial charge in [-0.3, -0.25) is 9.78 Å². The first-order valence-corrected chi connectivity index (χ1v) is 11.8. The van der Waals surface area contributed by atoms with Gasteiger partial charge in [0.25, 0.3) is 5.91 Å². The molecule has 1 saturated heterocycles. The Balaban J connectivity index is 1.49. The summed E-state index contributed by atoms with van der Waals surface area (Å²) in [7, 11) is 0. The molecule has 6 nitrogen and oxygen atoms in total. The molecule has 5 rings (SSSR count). The largest absolute Gasteiger partial charge is 0.417 e. The zero-order valence-corrected chi connectivity index (χ0v) is 19.4. The Morgan fingerprint density at radius 1 is 1.17 bits per heavy atom. The number of alkyl halides is 3. The first-order valence-electron chi connectivity index (χ1n) is 11.8. The van der Waals surface area contributed by atoms with Gasteiger partial charge in [-0.1, -0.05) is 0 Å². The minimum atomic E-state index is -4.46. The Hall–Kier alpha value is -3.20. The highest BCUT2D eigenvalue weighted by atomic mass is 19.4. The molecular formula is C26H27F3N4O2. The van der Waals surface area contributed by atoms with E-state index in [-0.39, 0.29) is 30.5 Å². The maximum absolute atomic E-state index is 13.9. The van der Waals surface area contributed by atoms with Gasteiger partial charge >= 0.3 is 6.18 Å². The fraction of sp³-hybridized carbons (Fsp3) is 0.423. The molecule has 2 fully saturated rings. The molecule has 1 saturated carbocycles. The lowest BCUT2D eigenvalue weighted by atomic mass is 9.80. The quantitative estimate of drug-likeness (QED) is 0.555. The highest BCUT2D eigenvalue weighted by Gasteiger charge is 2.42. The number of anilines is 1. The van der Waals surface area contributed by atoms with E-state index in [1.807, 2.05) is 13.0 Å². The Morgan fingerprint density at radius 2 is 2.00 bits per heavy atom.